The van der Waals surface area contributed by atoms with Gasteiger partial charge >= 0.3 is 0 Å². The lowest BCUT2D eigenvalue weighted by Crippen LogP contribution is -2.35. The molecule has 154 valence electrons. The summed E-state index contributed by atoms with van der Waals surface area (Å²) in [5, 5.41) is 11.3. The Labute approximate surface area is 177 Å². The zero-order chi connectivity index (χ0) is 20.6. The maximum atomic E-state index is 10.6. The molecule has 0 bridgehead atoms. The van der Waals surface area contributed by atoms with Crippen LogP contribution in [0.1, 0.15) is 36.7 Å². The quantitative estimate of drug-likeness (QED) is 0.476. The highest BCUT2D eigenvalue weighted by Crippen LogP contribution is 2.19. The molecule has 0 amide bonds. The van der Waals surface area contributed by atoms with Crippen molar-refractivity contribution in [3.63, 3.8) is 0 Å². The summed E-state index contributed by atoms with van der Waals surface area (Å²) in [6.07, 6.45) is 1.03. The Kier molecular flexibility index (Phi) is 7.76. The lowest BCUT2D eigenvalue weighted by molar-refractivity contribution is 0.0604. The summed E-state index contributed by atoms with van der Waals surface area (Å²) in [6.45, 7) is 6.25. The molecule has 0 saturated carbocycles. The smallest absolute Gasteiger partial charge is 0.119 e. The first-order valence-corrected chi connectivity index (χ1v) is 10.3. The van der Waals surface area contributed by atoms with E-state index >= 15 is 0 Å². The monoisotopic (exact) mass is 413 g/mol. The Morgan fingerprint density at radius 3 is 2.48 bits per heavy atom. The Morgan fingerprint density at radius 2 is 1.83 bits per heavy atom. The summed E-state index contributed by atoms with van der Waals surface area (Å²) in [4.78, 5) is 2.13. The highest BCUT2D eigenvalue weighted by molar-refractivity contribution is 6.30. The van der Waals surface area contributed by atoms with Crippen molar-refractivity contribution in [3.05, 3.63) is 88.8 Å². The predicted molar refractivity (Wildman–Crippen MR) is 116 cm³/mol. The number of nitrogens with zero attached hydrogens (tertiary/aromatic N) is 1. The normalized spacial score (nSPS) is 12.5. The molecule has 1 aromatic heterocycles. The zero-order valence-electron chi connectivity index (χ0n) is 16.9. The van der Waals surface area contributed by atoms with Gasteiger partial charge in [-0.15, -0.1) is 0 Å². The average molecular weight is 414 g/mol. The first-order valence-electron chi connectivity index (χ1n) is 9.89. The van der Waals surface area contributed by atoms with Gasteiger partial charge in [-0.25, -0.2) is 0 Å². The van der Waals surface area contributed by atoms with Gasteiger partial charge in [-0.2, -0.15) is 0 Å². The number of furan rings is 1. The largest absolute Gasteiger partial charge is 0.491 e. The predicted octanol–water partition coefficient (Wildman–Crippen LogP) is 5.50. The minimum atomic E-state index is -0.631. The van der Waals surface area contributed by atoms with Crippen LogP contribution >= 0.6 is 11.6 Å². The fourth-order valence-electron chi connectivity index (χ4n) is 3.19. The molecule has 3 aromatic rings. The molecule has 1 unspecified atom stereocenters. The van der Waals surface area contributed by atoms with Crippen LogP contribution in [0.3, 0.4) is 0 Å². The summed E-state index contributed by atoms with van der Waals surface area (Å²) in [7, 11) is 0. The van der Waals surface area contributed by atoms with Gasteiger partial charge in [0.15, 0.2) is 0 Å². The minimum Gasteiger partial charge on any atom is -0.491 e. The van der Waals surface area contributed by atoms with Crippen molar-refractivity contribution in [3.8, 4) is 5.75 Å². The SMILES string of the molecule is CC(C)c1ccc(OCC(O)CN(Cc2cccc(Cl)c2)Cc2ccco2)cc1. The lowest BCUT2D eigenvalue weighted by Gasteiger charge is -2.24. The summed E-state index contributed by atoms with van der Waals surface area (Å²) in [5.41, 5.74) is 2.35. The molecule has 1 heterocycles. The van der Waals surface area contributed by atoms with E-state index in [0.717, 1.165) is 17.1 Å². The average Bonchev–Trinajstić information content (AvgIpc) is 3.19. The van der Waals surface area contributed by atoms with Crippen molar-refractivity contribution >= 4 is 11.6 Å². The molecule has 0 fully saturated rings. The Morgan fingerprint density at radius 1 is 1.03 bits per heavy atom. The molecule has 1 N–H and O–H groups in total. The number of aliphatic hydroxyl groups is 1. The summed E-state index contributed by atoms with van der Waals surface area (Å²) < 4.78 is 11.3. The molecule has 0 saturated heterocycles. The molecule has 0 radical (unpaired) electrons. The number of rotatable bonds is 10. The van der Waals surface area contributed by atoms with Crippen LogP contribution in [-0.2, 0) is 13.1 Å². The van der Waals surface area contributed by atoms with E-state index in [9.17, 15) is 5.11 Å². The number of halogens is 1. The molecule has 1 atom stereocenters. The van der Waals surface area contributed by atoms with Gasteiger partial charge in [0.05, 0.1) is 12.8 Å². The highest BCUT2D eigenvalue weighted by Gasteiger charge is 2.15. The molecule has 4 nitrogen and oxygen atoms in total. The molecule has 0 aliphatic rings. The summed E-state index contributed by atoms with van der Waals surface area (Å²) >= 11 is 6.12. The first-order chi connectivity index (χ1) is 14.0. The van der Waals surface area contributed by atoms with Crippen LogP contribution in [-0.4, -0.2) is 29.3 Å². The zero-order valence-corrected chi connectivity index (χ0v) is 17.7. The summed E-state index contributed by atoms with van der Waals surface area (Å²) in [6, 6.07) is 19.6. The molecule has 0 spiro atoms. The van der Waals surface area contributed by atoms with Crippen LogP contribution in [0.15, 0.2) is 71.3 Å². The van der Waals surface area contributed by atoms with Gasteiger partial charge in [-0.3, -0.25) is 4.90 Å². The van der Waals surface area contributed by atoms with Crippen molar-refractivity contribution in [1.82, 2.24) is 4.90 Å². The van der Waals surface area contributed by atoms with E-state index in [-0.39, 0.29) is 6.61 Å². The van der Waals surface area contributed by atoms with Gasteiger partial charge in [0.1, 0.15) is 24.2 Å². The van der Waals surface area contributed by atoms with E-state index < -0.39 is 6.10 Å². The molecule has 0 aliphatic heterocycles. The Bertz CT molecular complexity index is 862. The second-order valence-electron chi connectivity index (χ2n) is 7.57. The van der Waals surface area contributed by atoms with Crippen LogP contribution < -0.4 is 4.74 Å². The van der Waals surface area contributed by atoms with Crippen LogP contribution in [0.4, 0.5) is 0 Å². The van der Waals surface area contributed by atoms with Crippen LogP contribution in [0.25, 0.3) is 0 Å². The first kappa shape index (κ1) is 21.4. The van der Waals surface area contributed by atoms with Gasteiger partial charge in [0, 0.05) is 18.1 Å². The number of hydrogen-bond donors (Lipinski definition) is 1. The lowest BCUT2D eigenvalue weighted by atomic mass is 10.0. The minimum absolute atomic E-state index is 0.227. The van der Waals surface area contributed by atoms with E-state index in [0.29, 0.717) is 30.6 Å². The number of benzene rings is 2. The third-order valence-electron chi connectivity index (χ3n) is 4.71. The molecule has 3 rings (SSSR count). The topological polar surface area (TPSA) is 45.8 Å². The Balaban J connectivity index is 1.58. The van der Waals surface area contributed by atoms with Gasteiger partial charge in [0.2, 0.25) is 0 Å². The van der Waals surface area contributed by atoms with Gasteiger partial charge in [-0.05, 0) is 53.4 Å². The molecule has 0 aliphatic carbocycles. The third-order valence-corrected chi connectivity index (χ3v) is 4.95. The van der Waals surface area contributed by atoms with Crippen molar-refractivity contribution in [2.24, 2.45) is 0 Å². The highest BCUT2D eigenvalue weighted by atomic mass is 35.5. The van der Waals surface area contributed by atoms with Crippen LogP contribution in [0.5, 0.6) is 5.75 Å². The molecule has 5 heteroatoms. The fourth-order valence-corrected chi connectivity index (χ4v) is 3.41. The van der Waals surface area contributed by atoms with Crippen molar-refractivity contribution in [2.75, 3.05) is 13.2 Å². The third kappa shape index (κ3) is 6.93. The van der Waals surface area contributed by atoms with Crippen LogP contribution in [0.2, 0.25) is 5.02 Å². The molecular weight excluding hydrogens is 386 g/mol. The number of hydrogen-bond acceptors (Lipinski definition) is 4. The van der Waals surface area contributed by atoms with E-state index in [1.54, 1.807) is 6.26 Å². The van der Waals surface area contributed by atoms with Crippen molar-refractivity contribution < 1.29 is 14.3 Å². The summed E-state index contributed by atoms with van der Waals surface area (Å²) in [5.74, 6) is 2.10. The standard InChI is InChI=1S/C24H28ClNO3/c1-18(2)20-8-10-23(11-9-20)29-17-22(27)15-26(16-24-7-4-12-28-24)14-19-5-3-6-21(25)13-19/h3-13,18,22,27H,14-17H2,1-2H3. The van der Waals surface area contributed by atoms with E-state index in [2.05, 4.69) is 30.9 Å². The van der Waals surface area contributed by atoms with Gasteiger partial charge < -0.3 is 14.3 Å². The molecular formula is C24H28ClNO3. The maximum absolute atomic E-state index is 10.6. The molecule has 29 heavy (non-hydrogen) atoms. The number of aliphatic hydroxyl groups excluding tert-OH is 1. The number of ether oxygens (including phenoxy) is 1. The van der Waals surface area contributed by atoms with Gasteiger partial charge in [0.25, 0.3) is 0 Å². The van der Waals surface area contributed by atoms with E-state index in [1.807, 2.05) is 48.5 Å². The second-order valence-corrected chi connectivity index (χ2v) is 8.00. The fraction of sp³-hybridized carbons (Fsp3) is 0.333. The maximum Gasteiger partial charge on any atom is 0.119 e. The van der Waals surface area contributed by atoms with E-state index in [4.69, 9.17) is 20.8 Å². The van der Waals surface area contributed by atoms with E-state index in [1.165, 1.54) is 5.56 Å². The second kappa shape index (κ2) is 10.5. The van der Waals surface area contributed by atoms with Crippen LogP contribution in [0, 0.1) is 0 Å². The van der Waals surface area contributed by atoms with Crippen molar-refractivity contribution in [1.29, 1.82) is 0 Å². The molecule has 2 aromatic carbocycles. The van der Waals surface area contributed by atoms with Gasteiger partial charge in [-0.1, -0.05) is 49.7 Å². The van der Waals surface area contributed by atoms with Crippen molar-refractivity contribution in [2.45, 2.75) is 39.0 Å². The Hall–Kier alpha value is -2.27.